The Bertz CT molecular complexity index is 858. The second kappa shape index (κ2) is 8.04. The third-order valence-electron chi connectivity index (χ3n) is 4.87. The molecule has 0 bridgehead atoms. The number of nitriles is 1. The standard InChI is InChI=1S/C18H17F4N3O3/c1-10-24-25-15(26-10)11-4-6-18(9-23,7-5-11)12-2-3-13(27-16(19)20)14(8-12)28-17(21)22/h2-3,8,11,16-17H,4-7H2,1H3/t11-,18-. The van der Waals surface area contributed by atoms with Crippen LogP contribution < -0.4 is 9.47 Å². The van der Waals surface area contributed by atoms with Gasteiger partial charge in [-0.05, 0) is 43.4 Å². The minimum absolute atomic E-state index is 0.000833. The molecule has 1 heterocycles. The molecule has 0 N–H and O–H groups in total. The van der Waals surface area contributed by atoms with Crippen LogP contribution in [0.2, 0.25) is 0 Å². The summed E-state index contributed by atoms with van der Waals surface area (Å²) in [5, 5.41) is 17.6. The van der Waals surface area contributed by atoms with Crippen molar-refractivity contribution in [2.45, 2.75) is 57.2 Å². The number of rotatable bonds is 6. The van der Waals surface area contributed by atoms with Crippen molar-refractivity contribution in [3.05, 3.63) is 35.5 Å². The summed E-state index contributed by atoms with van der Waals surface area (Å²) in [5.74, 6) is -0.0814. The lowest BCUT2D eigenvalue weighted by Gasteiger charge is -2.34. The molecule has 6 nitrogen and oxygen atoms in total. The fourth-order valence-electron chi connectivity index (χ4n) is 3.49. The molecule has 1 saturated carbocycles. The maximum Gasteiger partial charge on any atom is 0.387 e. The molecule has 0 aliphatic heterocycles. The fourth-order valence-corrected chi connectivity index (χ4v) is 3.49. The number of hydrogen-bond acceptors (Lipinski definition) is 6. The van der Waals surface area contributed by atoms with Crippen molar-refractivity contribution in [1.82, 2.24) is 10.2 Å². The van der Waals surface area contributed by atoms with E-state index in [-0.39, 0.29) is 5.92 Å². The van der Waals surface area contributed by atoms with Gasteiger partial charge >= 0.3 is 13.2 Å². The molecule has 1 aliphatic carbocycles. The van der Waals surface area contributed by atoms with E-state index in [1.165, 1.54) is 12.1 Å². The zero-order valence-electron chi connectivity index (χ0n) is 14.9. The van der Waals surface area contributed by atoms with Gasteiger partial charge in [0.1, 0.15) is 0 Å². The van der Waals surface area contributed by atoms with E-state index in [9.17, 15) is 22.8 Å². The van der Waals surface area contributed by atoms with Crippen LogP contribution in [0.15, 0.2) is 22.6 Å². The monoisotopic (exact) mass is 399 g/mol. The van der Waals surface area contributed by atoms with Gasteiger partial charge in [0, 0.05) is 12.8 Å². The maximum absolute atomic E-state index is 12.7. The molecule has 10 heteroatoms. The quantitative estimate of drug-likeness (QED) is 0.655. The first-order valence-electron chi connectivity index (χ1n) is 8.58. The summed E-state index contributed by atoms with van der Waals surface area (Å²) in [6.07, 6.45) is 1.99. The van der Waals surface area contributed by atoms with Crippen molar-refractivity contribution >= 4 is 0 Å². The fraction of sp³-hybridized carbons (Fsp3) is 0.500. The van der Waals surface area contributed by atoms with E-state index < -0.39 is 30.1 Å². The van der Waals surface area contributed by atoms with Gasteiger partial charge in [-0.15, -0.1) is 10.2 Å². The van der Waals surface area contributed by atoms with Gasteiger partial charge in [-0.1, -0.05) is 6.07 Å². The van der Waals surface area contributed by atoms with Crippen molar-refractivity contribution in [2.24, 2.45) is 0 Å². The third kappa shape index (κ3) is 4.18. The minimum Gasteiger partial charge on any atom is -0.431 e. The van der Waals surface area contributed by atoms with Crippen LogP contribution >= 0.6 is 0 Å². The average Bonchev–Trinajstić information content (AvgIpc) is 3.09. The number of aromatic nitrogens is 2. The number of aryl methyl sites for hydroxylation is 1. The molecule has 150 valence electrons. The average molecular weight is 399 g/mol. The maximum atomic E-state index is 12.7. The largest absolute Gasteiger partial charge is 0.431 e. The first kappa shape index (κ1) is 19.9. The van der Waals surface area contributed by atoms with Gasteiger partial charge in [0.05, 0.1) is 11.5 Å². The van der Waals surface area contributed by atoms with Crippen molar-refractivity contribution in [2.75, 3.05) is 0 Å². The van der Waals surface area contributed by atoms with Crippen LogP contribution in [0.4, 0.5) is 17.6 Å². The third-order valence-corrected chi connectivity index (χ3v) is 4.87. The lowest BCUT2D eigenvalue weighted by Crippen LogP contribution is -2.30. The van der Waals surface area contributed by atoms with Gasteiger partial charge in [0.25, 0.3) is 0 Å². The zero-order chi connectivity index (χ0) is 20.3. The molecule has 0 amide bonds. The van der Waals surface area contributed by atoms with E-state index >= 15 is 0 Å². The molecule has 3 rings (SSSR count). The Labute approximate surface area is 158 Å². The van der Waals surface area contributed by atoms with E-state index in [2.05, 4.69) is 25.7 Å². The Morgan fingerprint density at radius 1 is 1.11 bits per heavy atom. The molecular weight excluding hydrogens is 382 g/mol. The first-order chi connectivity index (χ1) is 13.3. The Morgan fingerprint density at radius 2 is 1.75 bits per heavy atom. The van der Waals surface area contributed by atoms with Gasteiger partial charge in [-0.25, -0.2) is 0 Å². The Balaban J connectivity index is 1.85. The number of ether oxygens (including phenoxy) is 2. The van der Waals surface area contributed by atoms with E-state index in [4.69, 9.17) is 4.42 Å². The van der Waals surface area contributed by atoms with Crippen LogP contribution in [0.5, 0.6) is 11.5 Å². The topological polar surface area (TPSA) is 81.2 Å². The van der Waals surface area contributed by atoms with Gasteiger partial charge in [0.15, 0.2) is 11.5 Å². The normalized spacial score (nSPS) is 22.3. The van der Waals surface area contributed by atoms with Gasteiger partial charge in [-0.3, -0.25) is 0 Å². The van der Waals surface area contributed by atoms with E-state index in [1.54, 1.807) is 6.92 Å². The lowest BCUT2D eigenvalue weighted by molar-refractivity contribution is -0.0693. The van der Waals surface area contributed by atoms with Crippen LogP contribution in [0.3, 0.4) is 0 Å². The summed E-state index contributed by atoms with van der Waals surface area (Å²) in [6, 6.07) is 5.97. The Hall–Kier alpha value is -2.83. The summed E-state index contributed by atoms with van der Waals surface area (Å²) in [6.45, 7) is -4.72. The molecular formula is C18H17F4N3O3. The number of nitrogens with zero attached hydrogens (tertiary/aromatic N) is 3. The highest BCUT2D eigenvalue weighted by Crippen LogP contribution is 2.46. The van der Waals surface area contributed by atoms with Crippen molar-refractivity contribution in [3.8, 4) is 17.6 Å². The summed E-state index contributed by atoms with van der Waals surface area (Å²) >= 11 is 0. The molecule has 1 fully saturated rings. The minimum atomic E-state index is -3.22. The number of benzene rings is 1. The summed E-state index contributed by atoms with van der Waals surface area (Å²) < 4.78 is 64.4. The predicted molar refractivity (Wildman–Crippen MR) is 87.2 cm³/mol. The molecule has 0 radical (unpaired) electrons. The molecule has 2 aromatic rings. The highest BCUT2D eigenvalue weighted by molar-refractivity contribution is 5.47. The zero-order valence-corrected chi connectivity index (χ0v) is 14.9. The molecule has 0 atom stereocenters. The van der Waals surface area contributed by atoms with Crippen LogP contribution in [-0.4, -0.2) is 23.4 Å². The molecule has 0 unspecified atom stereocenters. The van der Waals surface area contributed by atoms with Crippen LogP contribution in [0, 0.1) is 18.3 Å². The highest BCUT2D eigenvalue weighted by atomic mass is 19.3. The second-order valence-corrected chi connectivity index (χ2v) is 6.55. The van der Waals surface area contributed by atoms with E-state index in [0.29, 0.717) is 43.0 Å². The molecule has 1 aromatic heterocycles. The van der Waals surface area contributed by atoms with Crippen LogP contribution in [-0.2, 0) is 5.41 Å². The molecule has 0 saturated heterocycles. The molecule has 1 aromatic carbocycles. The highest BCUT2D eigenvalue weighted by Gasteiger charge is 2.39. The second-order valence-electron chi connectivity index (χ2n) is 6.55. The SMILES string of the molecule is Cc1nnc([C@H]2CC[C@](C#N)(c3ccc(OC(F)F)c(OC(F)F)c3)CC2)o1. The Morgan fingerprint density at radius 3 is 2.29 bits per heavy atom. The van der Waals surface area contributed by atoms with Crippen LogP contribution in [0.25, 0.3) is 0 Å². The van der Waals surface area contributed by atoms with Gasteiger partial charge in [0.2, 0.25) is 11.8 Å². The number of halogens is 4. The summed E-state index contributed by atoms with van der Waals surface area (Å²) in [4.78, 5) is 0. The van der Waals surface area contributed by atoms with Gasteiger partial charge < -0.3 is 13.9 Å². The number of alkyl halides is 4. The molecule has 0 spiro atoms. The molecule has 1 aliphatic rings. The predicted octanol–water partition coefficient (Wildman–Crippen LogP) is 4.70. The van der Waals surface area contributed by atoms with Crippen molar-refractivity contribution < 1.29 is 31.5 Å². The van der Waals surface area contributed by atoms with Gasteiger partial charge in [-0.2, -0.15) is 22.8 Å². The van der Waals surface area contributed by atoms with Crippen molar-refractivity contribution in [1.29, 1.82) is 5.26 Å². The first-order valence-corrected chi connectivity index (χ1v) is 8.58. The van der Waals surface area contributed by atoms with E-state index in [1.807, 2.05) is 0 Å². The summed E-state index contributed by atoms with van der Waals surface area (Å²) in [5.41, 5.74) is -0.553. The lowest BCUT2D eigenvalue weighted by atomic mass is 9.67. The Kier molecular flexibility index (Phi) is 5.72. The summed E-state index contributed by atoms with van der Waals surface area (Å²) in [7, 11) is 0. The van der Waals surface area contributed by atoms with Crippen molar-refractivity contribution in [3.63, 3.8) is 0 Å². The smallest absolute Gasteiger partial charge is 0.387 e. The number of hydrogen-bond donors (Lipinski definition) is 0. The molecule has 28 heavy (non-hydrogen) atoms. The van der Waals surface area contributed by atoms with E-state index in [0.717, 1.165) is 6.07 Å². The van der Waals surface area contributed by atoms with Crippen LogP contribution in [0.1, 0.15) is 48.9 Å².